The predicted octanol–water partition coefficient (Wildman–Crippen LogP) is 3.87. The lowest BCUT2D eigenvalue weighted by Gasteiger charge is -2.19. The first-order chi connectivity index (χ1) is 15.1. The Bertz CT molecular complexity index is 1380. The van der Waals surface area contributed by atoms with Gasteiger partial charge in [-0.3, -0.25) is 9.52 Å². The van der Waals surface area contributed by atoms with Crippen molar-refractivity contribution in [3.63, 3.8) is 0 Å². The lowest BCUT2D eigenvalue weighted by molar-refractivity contribution is 0.343. The van der Waals surface area contributed by atoms with Gasteiger partial charge in [0.25, 0.3) is 5.56 Å². The molecule has 1 aliphatic heterocycles. The van der Waals surface area contributed by atoms with E-state index in [-0.39, 0.29) is 46.4 Å². The molecule has 1 unspecified atom stereocenters. The van der Waals surface area contributed by atoms with Crippen LogP contribution in [-0.2, 0) is 17.3 Å². The SMILES string of the molecule is Cn1cnc2ccc(Oc3c(F)ccc(NS(=O)(=O)N4CCC(F)C4)c3Cl)c(Cl)c2c1=O. The Balaban J connectivity index is 1.70. The van der Waals surface area contributed by atoms with E-state index < -0.39 is 33.5 Å². The van der Waals surface area contributed by atoms with Gasteiger partial charge in [0, 0.05) is 20.1 Å². The zero-order valence-corrected chi connectivity index (χ0v) is 18.8. The summed E-state index contributed by atoms with van der Waals surface area (Å²) in [6.07, 6.45) is 0.159. The molecule has 8 nitrogen and oxygen atoms in total. The van der Waals surface area contributed by atoms with Crippen LogP contribution >= 0.6 is 23.2 Å². The quantitative estimate of drug-likeness (QED) is 0.569. The number of ether oxygens (including phenoxy) is 1. The van der Waals surface area contributed by atoms with Crippen LogP contribution in [0.1, 0.15) is 6.42 Å². The van der Waals surface area contributed by atoms with E-state index in [1.807, 2.05) is 0 Å². The van der Waals surface area contributed by atoms with Crippen LogP contribution in [0.3, 0.4) is 0 Å². The number of aryl methyl sites for hydroxylation is 1. The fourth-order valence-electron chi connectivity index (χ4n) is 3.24. The molecule has 0 aliphatic carbocycles. The summed E-state index contributed by atoms with van der Waals surface area (Å²) in [6, 6.07) is 4.93. The average Bonchev–Trinajstić information content (AvgIpc) is 3.19. The number of halogens is 4. The molecule has 0 spiro atoms. The third-order valence-corrected chi connectivity index (χ3v) is 7.16. The molecule has 0 radical (unpaired) electrons. The first-order valence-corrected chi connectivity index (χ1v) is 11.5. The molecule has 1 aromatic heterocycles. The number of aromatic nitrogens is 2. The summed E-state index contributed by atoms with van der Waals surface area (Å²) in [5.41, 5.74) is -0.287. The van der Waals surface area contributed by atoms with Crippen LogP contribution in [-0.4, -0.2) is 41.5 Å². The first-order valence-electron chi connectivity index (χ1n) is 9.30. The zero-order valence-electron chi connectivity index (χ0n) is 16.5. The zero-order chi connectivity index (χ0) is 23.2. The van der Waals surface area contributed by atoms with Gasteiger partial charge in [0.1, 0.15) is 16.9 Å². The van der Waals surface area contributed by atoms with Crippen molar-refractivity contribution in [2.24, 2.45) is 7.05 Å². The predicted molar refractivity (Wildman–Crippen MR) is 117 cm³/mol. The van der Waals surface area contributed by atoms with Crippen molar-refractivity contribution in [1.82, 2.24) is 13.9 Å². The van der Waals surface area contributed by atoms with Crippen molar-refractivity contribution in [2.75, 3.05) is 17.8 Å². The summed E-state index contributed by atoms with van der Waals surface area (Å²) in [5.74, 6) is -1.47. The Kier molecular flexibility index (Phi) is 6.01. The molecule has 13 heteroatoms. The number of hydrogen-bond donors (Lipinski definition) is 1. The van der Waals surface area contributed by atoms with E-state index in [1.165, 1.54) is 30.1 Å². The van der Waals surface area contributed by atoms with Crippen LogP contribution in [0.4, 0.5) is 14.5 Å². The minimum Gasteiger partial charge on any atom is -0.451 e. The summed E-state index contributed by atoms with van der Waals surface area (Å²) in [6.45, 7) is -0.276. The second-order valence-electron chi connectivity index (χ2n) is 7.12. The highest BCUT2D eigenvalue weighted by Crippen LogP contribution is 2.41. The molecular weight excluding hydrogens is 489 g/mol. The molecule has 0 amide bonds. The van der Waals surface area contributed by atoms with E-state index in [2.05, 4.69) is 9.71 Å². The molecule has 1 fully saturated rings. The number of fused-ring (bicyclic) bond motifs is 1. The molecule has 0 bridgehead atoms. The Hall–Kier alpha value is -2.47. The highest BCUT2D eigenvalue weighted by Gasteiger charge is 2.32. The smallest absolute Gasteiger partial charge is 0.301 e. The van der Waals surface area contributed by atoms with Crippen molar-refractivity contribution in [1.29, 1.82) is 0 Å². The molecule has 170 valence electrons. The minimum atomic E-state index is -4.12. The number of alkyl halides is 1. The maximum absolute atomic E-state index is 14.5. The maximum atomic E-state index is 14.5. The Morgan fingerprint density at radius 1 is 1.22 bits per heavy atom. The van der Waals surface area contributed by atoms with Crippen molar-refractivity contribution >= 4 is 50.0 Å². The van der Waals surface area contributed by atoms with Crippen LogP contribution in [0, 0.1) is 5.82 Å². The second-order valence-corrected chi connectivity index (χ2v) is 9.55. The largest absolute Gasteiger partial charge is 0.451 e. The van der Waals surface area contributed by atoms with Crippen LogP contribution in [0.25, 0.3) is 10.9 Å². The Morgan fingerprint density at radius 3 is 2.66 bits per heavy atom. The number of anilines is 1. The summed E-state index contributed by atoms with van der Waals surface area (Å²) in [5, 5.41) is -0.416. The van der Waals surface area contributed by atoms with Gasteiger partial charge in [-0.2, -0.15) is 12.7 Å². The van der Waals surface area contributed by atoms with Crippen LogP contribution in [0.15, 0.2) is 35.4 Å². The van der Waals surface area contributed by atoms with Gasteiger partial charge in [0.2, 0.25) is 0 Å². The highest BCUT2D eigenvalue weighted by atomic mass is 35.5. The number of benzene rings is 2. The van der Waals surface area contributed by atoms with E-state index in [9.17, 15) is 22.0 Å². The van der Waals surface area contributed by atoms with Crippen molar-refractivity contribution in [2.45, 2.75) is 12.6 Å². The van der Waals surface area contributed by atoms with Gasteiger partial charge in [-0.05, 0) is 30.7 Å². The topological polar surface area (TPSA) is 93.5 Å². The lowest BCUT2D eigenvalue weighted by Crippen LogP contribution is -2.34. The molecule has 1 atom stereocenters. The van der Waals surface area contributed by atoms with Gasteiger partial charge in [-0.15, -0.1) is 0 Å². The fraction of sp³-hybridized carbons (Fsp3) is 0.263. The second kappa shape index (κ2) is 8.47. The average molecular weight is 505 g/mol. The molecule has 1 N–H and O–H groups in total. The van der Waals surface area contributed by atoms with E-state index in [0.29, 0.717) is 5.52 Å². The minimum absolute atomic E-state index is 0.00829. The molecule has 2 heterocycles. The Morgan fingerprint density at radius 2 is 1.97 bits per heavy atom. The highest BCUT2D eigenvalue weighted by molar-refractivity contribution is 7.90. The van der Waals surface area contributed by atoms with Gasteiger partial charge in [0.15, 0.2) is 11.6 Å². The summed E-state index contributed by atoms with van der Waals surface area (Å²) >= 11 is 12.5. The number of rotatable bonds is 5. The standard InChI is InChI=1S/C19H16Cl2F2N4O4S/c1-26-9-24-12-4-5-14(17(21)15(12)19(26)28)31-18-11(23)2-3-13(16(18)20)25-32(29,30)27-7-6-10(22)8-27/h2-5,9-10,25H,6-8H2,1H3. The monoisotopic (exact) mass is 504 g/mol. The van der Waals surface area contributed by atoms with Gasteiger partial charge in [-0.1, -0.05) is 23.2 Å². The van der Waals surface area contributed by atoms with E-state index in [0.717, 1.165) is 16.4 Å². The normalized spacial score (nSPS) is 17.1. The van der Waals surface area contributed by atoms with Crippen LogP contribution in [0.5, 0.6) is 11.5 Å². The van der Waals surface area contributed by atoms with E-state index in [1.54, 1.807) is 0 Å². The van der Waals surface area contributed by atoms with Gasteiger partial charge in [0.05, 0.1) is 27.9 Å². The van der Waals surface area contributed by atoms with Gasteiger partial charge >= 0.3 is 10.2 Å². The Labute approximate surface area is 191 Å². The molecule has 1 aliphatic rings. The third kappa shape index (κ3) is 4.13. The molecule has 2 aromatic carbocycles. The summed E-state index contributed by atoms with van der Waals surface area (Å²) in [7, 11) is -2.62. The third-order valence-electron chi connectivity index (χ3n) is 4.92. The molecule has 0 saturated carbocycles. The summed E-state index contributed by atoms with van der Waals surface area (Å²) in [4.78, 5) is 16.5. The maximum Gasteiger partial charge on any atom is 0.301 e. The molecule has 32 heavy (non-hydrogen) atoms. The van der Waals surface area contributed by atoms with Crippen molar-refractivity contribution < 1.29 is 21.9 Å². The molecule has 1 saturated heterocycles. The number of nitrogens with zero attached hydrogens (tertiary/aromatic N) is 3. The molecule has 4 rings (SSSR count). The number of hydrogen-bond acceptors (Lipinski definition) is 5. The van der Waals surface area contributed by atoms with Crippen molar-refractivity contribution in [3.05, 3.63) is 56.8 Å². The van der Waals surface area contributed by atoms with Crippen LogP contribution < -0.4 is 15.0 Å². The lowest BCUT2D eigenvalue weighted by atomic mass is 10.2. The van der Waals surface area contributed by atoms with Gasteiger partial charge in [-0.25, -0.2) is 13.8 Å². The van der Waals surface area contributed by atoms with Gasteiger partial charge < -0.3 is 9.30 Å². The van der Waals surface area contributed by atoms with E-state index >= 15 is 0 Å². The molecular formula is C19H16Cl2F2N4O4S. The van der Waals surface area contributed by atoms with Crippen LogP contribution in [0.2, 0.25) is 10.0 Å². The fourth-order valence-corrected chi connectivity index (χ4v) is 5.09. The van der Waals surface area contributed by atoms with Crippen molar-refractivity contribution in [3.8, 4) is 11.5 Å². The molecule has 3 aromatic rings. The summed E-state index contributed by atoms with van der Waals surface area (Å²) < 4.78 is 62.9. The van der Waals surface area contributed by atoms with E-state index in [4.69, 9.17) is 27.9 Å². The number of nitrogens with one attached hydrogen (secondary N) is 1. The first kappa shape index (κ1) is 22.7.